The van der Waals surface area contributed by atoms with Crippen LogP contribution in [0.5, 0.6) is 0 Å². The van der Waals surface area contributed by atoms with Crippen LogP contribution in [-0.4, -0.2) is 29.2 Å². The maximum absolute atomic E-state index is 12.1. The molecule has 2 heterocycles. The Morgan fingerprint density at radius 2 is 2.30 bits per heavy atom. The molecule has 106 valence electrons. The predicted molar refractivity (Wildman–Crippen MR) is 76.0 cm³/mol. The highest BCUT2D eigenvalue weighted by molar-refractivity contribution is 7.12. The van der Waals surface area contributed by atoms with Crippen molar-refractivity contribution in [1.29, 1.82) is 0 Å². The quantitative estimate of drug-likeness (QED) is 0.743. The first-order valence-electron chi connectivity index (χ1n) is 5.88. The zero-order valence-electron chi connectivity index (χ0n) is 11.0. The van der Waals surface area contributed by atoms with Gasteiger partial charge in [-0.1, -0.05) is 6.92 Å². The zero-order chi connectivity index (χ0) is 14.7. The molecule has 0 aromatic carbocycles. The van der Waals surface area contributed by atoms with E-state index in [1.54, 1.807) is 11.4 Å². The van der Waals surface area contributed by atoms with Crippen LogP contribution in [0.4, 0.5) is 11.4 Å². The van der Waals surface area contributed by atoms with E-state index >= 15 is 0 Å². The number of nitrogens with one attached hydrogen (secondary N) is 2. The van der Waals surface area contributed by atoms with Crippen molar-refractivity contribution in [2.45, 2.75) is 13.3 Å². The molecule has 20 heavy (non-hydrogen) atoms. The molecule has 0 unspecified atom stereocenters. The van der Waals surface area contributed by atoms with Crippen molar-refractivity contribution in [2.75, 3.05) is 18.2 Å². The molecule has 0 saturated heterocycles. The van der Waals surface area contributed by atoms with Gasteiger partial charge in [-0.2, -0.15) is 5.10 Å². The summed E-state index contributed by atoms with van der Waals surface area (Å²) >= 11 is 1.18. The summed E-state index contributed by atoms with van der Waals surface area (Å²) in [5.41, 5.74) is 7.34. The molecule has 2 rings (SSSR count). The van der Waals surface area contributed by atoms with Crippen LogP contribution < -0.4 is 11.1 Å². The number of carbonyl (C=O) groups is 2. The van der Waals surface area contributed by atoms with Crippen LogP contribution in [0.1, 0.15) is 32.8 Å². The number of H-pyrrole nitrogens is 1. The number of methoxy groups -OCH3 is 1. The topological polar surface area (TPSA) is 110 Å². The molecule has 2 aromatic heterocycles. The second-order valence-corrected chi connectivity index (χ2v) is 4.84. The summed E-state index contributed by atoms with van der Waals surface area (Å²) in [5.74, 6) is -0.971. The number of anilines is 2. The fourth-order valence-electron chi connectivity index (χ4n) is 1.67. The summed E-state index contributed by atoms with van der Waals surface area (Å²) < 4.78 is 4.64. The molecule has 0 aliphatic heterocycles. The lowest BCUT2D eigenvalue weighted by Gasteiger charge is -2.04. The van der Waals surface area contributed by atoms with E-state index in [9.17, 15) is 9.59 Å². The number of nitrogens with zero attached hydrogens (tertiary/aromatic N) is 1. The predicted octanol–water partition coefficient (Wildman–Crippen LogP) is 1.65. The van der Waals surface area contributed by atoms with Crippen LogP contribution in [0.2, 0.25) is 0 Å². The Bertz CT molecular complexity index is 647. The van der Waals surface area contributed by atoms with Gasteiger partial charge in [0.05, 0.1) is 24.2 Å². The molecule has 8 heteroatoms. The zero-order valence-corrected chi connectivity index (χ0v) is 11.8. The summed E-state index contributed by atoms with van der Waals surface area (Å²) in [4.78, 5) is 24.0. The summed E-state index contributed by atoms with van der Waals surface area (Å²) in [6.07, 6.45) is 0.651. The summed E-state index contributed by atoms with van der Waals surface area (Å²) in [6, 6.07) is 1.62. The Kier molecular flexibility index (Phi) is 4.04. The van der Waals surface area contributed by atoms with Crippen LogP contribution in [0.25, 0.3) is 0 Å². The van der Waals surface area contributed by atoms with E-state index in [0.29, 0.717) is 28.4 Å². The first-order chi connectivity index (χ1) is 9.58. The molecule has 0 aliphatic carbocycles. The molecule has 0 aliphatic rings. The van der Waals surface area contributed by atoms with E-state index in [1.165, 1.54) is 18.4 Å². The average molecular weight is 294 g/mol. The minimum Gasteiger partial charge on any atom is -0.465 e. The van der Waals surface area contributed by atoms with Crippen LogP contribution >= 0.6 is 11.3 Å². The molecule has 2 aromatic rings. The number of aryl methyl sites for hydroxylation is 1. The summed E-state index contributed by atoms with van der Waals surface area (Å²) in [7, 11) is 1.28. The van der Waals surface area contributed by atoms with Gasteiger partial charge in [-0.3, -0.25) is 9.89 Å². The van der Waals surface area contributed by atoms with Gasteiger partial charge in [0.25, 0.3) is 5.91 Å². The van der Waals surface area contributed by atoms with Gasteiger partial charge < -0.3 is 15.8 Å². The number of esters is 1. The number of carbonyl (C=O) groups excluding carboxylic acids is 2. The molecule has 0 spiro atoms. The SMILES string of the molecule is CCc1[nH]nc(C(=O)Nc2ccsc2C(=O)OC)c1N. The number of ether oxygens (including phenoxy) is 1. The molecule has 7 nitrogen and oxygen atoms in total. The highest BCUT2D eigenvalue weighted by atomic mass is 32.1. The Hall–Kier alpha value is -2.35. The molecule has 0 atom stereocenters. The molecular formula is C12H14N4O3S. The first kappa shape index (κ1) is 14.1. The third-order valence-electron chi connectivity index (χ3n) is 2.74. The molecule has 4 N–H and O–H groups in total. The monoisotopic (exact) mass is 294 g/mol. The van der Waals surface area contributed by atoms with Gasteiger partial charge in [-0.05, 0) is 17.9 Å². The molecule has 1 amide bonds. The smallest absolute Gasteiger partial charge is 0.350 e. The minimum absolute atomic E-state index is 0.115. The van der Waals surface area contributed by atoms with E-state index in [0.717, 1.165) is 0 Å². The van der Waals surface area contributed by atoms with Crippen LogP contribution in [0, 0.1) is 0 Å². The van der Waals surface area contributed by atoms with Gasteiger partial charge >= 0.3 is 5.97 Å². The number of hydrogen-bond acceptors (Lipinski definition) is 6. The Morgan fingerprint density at radius 1 is 1.55 bits per heavy atom. The average Bonchev–Trinajstić information content (AvgIpc) is 3.04. The second-order valence-electron chi connectivity index (χ2n) is 3.93. The van der Waals surface area contributed by atoms with Gasteiger partial charge in [-0.25, -0.2) is 4.79 Å². The lowest BCUT2D eigenvalue weighted by molar-refractivity contribution is 0.0607. The molecule has 0 radical (unpaired) electrons. The number of amides is 1. The van der Waals surface area contributed by atoms with Gasteiger partial charge in [0.15, 0.2) is 5.69 Å². The Balaban J connectivity index is 2.22. The number of aromatic amines is 1. The van der Waals surface area contributed by atoms with Gasteiger partial charge in [0.1, 0.15) is 4.88 Å². The third-order valence-corrected chi connectivity index (χ3v) is 3.63. The number of nitrogen functional groups attached to an aromatic ring is 1. The normalized spacial score (nSPS) is 10.3. The number of rotatable bonds is 4. The van der Waals surface area contributed by atoms with Gasteiger partial charge in [0.2, 0.25) is 0 Å². The standard InChI is InChI=1S/C12H14N4O3S/c1-3-6-8(13)9(16-15-6)11(17)14-7-4-5-20-10(7)12(18)19-2/h4-5H,3,13H2,1-2H3,(H,14,17)(H,15,16). The van der Waals surface area contributed by atoms with Crippen LogP contribution in [0.15, 0.2) is 11.4 Å². The van der Waals surface area contributed by atoms with Crippen molar-refractivity contribution in [1.82, 2.24) is 10.2 Å². The maximum atomic E-state index is 12.1. The van der Waals surface area contributed by atoms with E-state index in [2.05, 4.69) is 20.3 Å². The highest BCUT2D eigenvalue weighted by Gasteiger charge is 2.20. The van der Waals surface area contributed by atoms with E-state index in [-0.39, 0.29) is 5.69 Å². The largest absolute Gasteiger partial charge is 0.465 e. The van der Waals surface area contributed by atoms with Gasteiger partial charge in [-0.15, -0.1) is 11.3 Å². The van der Waals surface area contributed by atoms with E-state index in [4.69, 9.17) is 5.73 Å². The summed E-state index contributed by atoms with van der Waals surface area (Å²) in [5, 5.41) is 10.9. The molecule has 0 saturated carbocycles. The lowest BCUT2D eigenvalue weighted by atomic mass is 10.2. The van der Waals surface area contributed by atoms with Crippen LogP contribution in [-0.2, 0) is 11.2 Å². The number of nitrogens with two attached hydrogens (primary N) is 1. The summed E-state index contributed by atoms with van der Waals surface area (Å²) in [6.45, 7) is 1.90. The third kappa shape index (κ3) is 2.50. The Labute approximate surface area is 119 Å². The minimum atomic E-state index is -0.500. The van der Waals surface area contributed by atoms with Crippen molar-refractivity contribution in [3.8, 4) is 0 Å². The van der Waals surface area contributed by atoms with Gasteiger partial charge in [0, 0.05) is 0 Å². The van der Waals surface area contributed by atoms with E-state index in [1.807, 2.05) is 6.92 Å². The molecule has 0 fully saturated rings. The van der Waals surface area contributed by atoms with Crippen molar-refractivity contribution >= 4 is 34.6 Å². The Morgan fingerprint density at radius 3 is 2.90 bits per heavy atom. The van der Waals surface area contributed by atoms with Crippen molar-refractivity contribution in [3.05, 3.63) is 27.7 Å². The van der Waals surface area contributed by atoms with Crippen molar-refractivity contribution in [3.63, 3.8) is 0 Å². The van der Waals surface area contributed by atoms with Crippen molar-refractivity contribution < 1.29 is 14.3 Å². The highest BCUT2D eigenvalue weighted by Crippen LogP contribution is 2.24. The lowest BCUT2D eigenvalue weighted by Crippen LogP contribution is -2.16. The fourth-order valence-corrected chi connectivity index (χ4v) is 2.44. The molecular weight excluding hydrogens is 280 g/mol. The maximum Gasteiger partial charge on any atom is 0.350 e. The van der Waals surface area contributed by atoms with Crippen molar-refractivity contribution in [2.24, 2.45) is 0 Å². The fraction of sp³-hybridized carbons (Fsp3) is 0.250. The number of hydrogen-bond donors (Lipinski definition) is 3. The first-order valence-corrected chi connectivity index (χ1v) is 6.76. The molecule has 0 bridgehead atoms. The van der Waals surface area contributed by atoms with Crippen LogP contribution in [0.3, 0.4) is 0 Å². The van der Waals surface area contributed by atoms with E-state index < -0.39 is 11.9 Å². The number of thiophene rings is 1. The second kappa shape index (κ2) is 5.74. The number of aromatic nitrogens is 2.